The lowest BCUT2D eigenvalue weighted by Crippen LogP contribution is -2.32. The highest BCUT2D eigenvalue weighted by atomic mass is 79.9. The molecule has 0 aliphatic heterocycles. The van der Waals surface area contributed by atoms with Gasteiger partial charge in [0.15, 0.2) is 0 Å². The van der Waals surface area contributed by atoms with Crippen LogP contribution in [0.5, 0.6) is 0 Å². The van der Waals surface area contributed by atoms with Crippen molar-refractivity contribution in [2.75, 3.05) is 20.7 Å². The Morgan fingerprint density at radius 3 is 2.61 bits per heavy atom. The van der Waals surface area contributed by atoms with Gasteiger partial charge in [0.2, 0.25) is 10.0 Å². The lowest BCUT2D eigenvalue weighted by Gasteiger charge is -2.15. The van der Waals surface area contributed by atoms with E-state index in [9.17, 15) is 17.6 Å². The molecule has 0 saturated heterocycles. The van der Waals surface area contributed by atoms with Gasteiger partial charge < -0.3 is 4.74 Å². The van der Waals surface area contributed by atoms with Crippen LogP contribution in [0.1, 0.15) is 0 Å². The molecule has 5 nitrogen and oxygen atoms in total. The third-order valence-corrected chi connectivity index (χ3v) is 4.62. The minimum atomic E-state index is -3.91. The SMILES string of the molecule is COC(=O)CN(C)S(=O)(=O)c1ccc(Br)c(F)c1. The van der Waals surface area contributed by atoms with Gasteiger partial charge in [-0.05, 0) is 34.1 Å². The fraction of sp³-hybridized carbons (Fsp3) is 0.300. The molecule has 0 aliphatic carbocycles. The van der Waals surface area contributed by atoms with Crippen LogP contribution in [0, 0.1) is 5.82 Å². The highest BCUT2D eigenvalue weighted by Crippen LogP contribution is 2.21. The molecule has 1 rings (SSSR count). The summed E-state index contributed by atoms with van der Waals surface area (Å²) in [6.07, 6.45) is 0. The van der Waals surface area contributed by atoms with Crippen molar-refractivity contribution in [1.29, 1.82) is 0 Å². The summed E-state index contributed by atoms with van der Waals surface area (Å²) in [6.45, 7) is -0.434. The van der Waals surface area contributed by atoms with E-state index in [0.717, 1.165) is 17.5 Å². The topological polar surface area (TPSA) is 63.7 Å². The Morgan fingerprint density at radius 2 is 2.11 bits per heavy atom. The molecule has 0 amide bonds. The molecule has 18 heavy (non-hydrogen) atoms. The number of rotatable bonds is 4. The number of esters is 1. The highest BCUT2D eigenvalue weighted by molar-refractivity contribution is 9.10. The van der Waals surface area contributed by atoms with Crippen LogP contribution in [0.2, 0.25) is 0 Å². The van der Waals surface area contributed by atoms with E-state index in [0.29, 0.717) is 0 Å². The summed E-state index contributed by atoms with van der Waals surface area (Å²) >= 11 is 2.93. The third kappa shape index (κ3) is 3.27. The largest absolute Gasteiger partial charge is 0.468 e. The van der Waals surface area contributed by atoms with Gasteiger partial charge in [-0.1, -0.05) is 0 Å². The molecule has 0 radical (unpaired) electrons. The first-order chi connectivity index (χ1) is 8.28. The van der Waals surface area contributed by atoms with E-state index in [1.807, 2.05) is 0 Å². The Morgan fingerprint density at radius 1 is 1.50 bits per heavy atom. The van der Waals surface area contributed by atoms with Crippen molar-refractivity contribution >= 4 is 31.9 Å². The molecule has 0 saturated carbocycles. The van der Waals surface area contributed by atoms with Crippen LogP contribution < -0.4 is 0 Å². The summed E-state index contributed by atoms with van der Waals surface area (Å²) in [5, 5.41) is 0. The van der Waals surface area contributed by atoms with Crippen LogP contribution >= 0.6 is 15.9 Å². The fourth-order valence-corrected chi connectivity index (χ4v) is 2.52. The quantitative estimate of drug-likeness (QED) is 0.777. The third-order valence-electron chi connectivity index (χ3n) is 2.18. The standard InChI is InChI=1S/C10H11BrFNO4S/c1-13(6-10(14)17-2)18(15,16)7-3-4-8(11)9(12)5-7/h3-5H,6H2,1-2H3. The van der Waals surface area contributed by atoms with Crippen molar-refractivity contribution in [3.8, 4) is 0 Å². The Hall–Kier alpha value is -0.990. The molecule has 0 bridgehead atoms. The molecule has 0 N–H and O–H groups in total. The molecule has 1 aromatic carbocycles. The zero-order valence-corrected chi connectivity index (χ0v) is 12.1. The Bertz CT molecular complexity index is 561. The van der Waals surface area contributed by atoms with E-state index >= 15 is 0 Å². The number of halogens is 2. The number of sulfonamides is 1. The number of hydrogen-bond donors (Lipinski definition) is 0. The minimum absolute atomic E-state index is 0.164. The van der Waals surface area contributed by atoms with Crippen LogP contribution in [0.4, 0.5) is 4.39 Å². The van der Waals surface area contributed by atoms with Crippen molar-refractivity contribution in [3.63, 3.8) is 0 Å². The maximum atomic E-state index is 13.3. The molecule has 0 aromatic heterocycles. The van der Waals surface area contributed by atoms with E-state index in [4.69, 9.17) is 0 Å². The van der Waals surface area contributed by atoms with E-state index in [1.165, 1.54) is 19.2 Å². The molecular formula is C10H11BrFNO4S. The maximum absolute atomic E-state index is 13.3. The molecule has 0 heterocycles. The van der Waals surface area contributed by atoms with Crippen molar-refractivity contribution in [2.24, 2.45) is 0 Å². The molecule has 8 heteroatoms. The van der Waals surface area contributed by atoms with Crippen LogP contribution in [-0.4, -0.2) is 39.4 Å². The van der Waals surface area contributed by atoms with Gasteiger partial charge in [0.05, 0.1) is 16.5 Å². The van der Waals surface area contributed by atoms with Crippen LogP contribution in [0.3, 0.4) is 0 Å². The lowest BCUT2D eigenvalue weighted by molar-refractivity contribution is -0.140. The normalized spacial score (nSPS) is 11.6. The molecule has 0 spiro atoms. The number of hydrogen-bond acceptors (Lipinski definition) is 4. The van der Waals surface area contributed by atoms with Gasteiger partial charge in [-0.15, -0.1) is 0 Å². The van der Waals surface area contributed by atoms with Crippen molar-refractivity contribution in [2.45, 2.75) is 4.90 Å². The Kier molecular flexibility index (Phi) is 4.83. The van der Waals surface area contributed by atoms with Crippen molar-refractivity contribution < 1.29 is 22.3 Å². The summed E-state index contributed by atoms with van der Waals surface area (Å²) in [6, 6.07) is 3.41. The second kappa shape index (κ2) is 5.77. The number of carbonyl (C=O) groups is 1. The zero-order valence-electron chi connectivity index (χ0n) is 9.68. The van der Waals surface area contributed by atoms with E-state index in [2.05, 4.69) is 20.7 Å². The summed E-state index contributed by atoms with van der Waals surface area (Å²) in [7, 11) is -1.54. The number of methoxy groups -OCH3 is 1. The lowest BCUT2D eigenvalue weighted by atomic mass is 10.3. The predicted molar refractivity (Wildman–Crippen MR) is 65.9 cm³/mol. The van der Waals surface area contributed by atoms with Gasteiger partial charge in [-0.2, -0.15) is 4.31 Å². The van der Waals surface area contributed by atoms with E-state index < -0.39 is 28.4 Å². The average molecular weight is 340 g/mol. The van der Waals surface area contributed by atoms with Gasteiger partial charge in [0.25, 0.3) is 0 Å². The number of nitrogens with zero attached hydrogens (tertiary/aromatic N) is 1. The molecular weight excluding hydrogens is 329 g/mol. The molecule has 0 aliphatic rings. The van der Waals surface area contributed by atoms with Gasteiger partial charge in [-0.3, -0.25) is 4.79 Å². The first-order valence-electron chi connectivity index (χ1n) is 4.77. The minimum Gasteiger partial charge on any atom is -0.468 e. The number of carbonyl (C=O) groups excluding carboxylic acids is 1. The van der Waals surface area contributed by atoms with Crippen molar-refractivity contribution in [1.82, 2.24) is 4.31 Å². The number of benzene rings is 1. The second-order valence-corrected chi connectivity index (χ2v) is 6.31. The first kappa shape index (κ1) is 15.1. The second-order valence-electron chi connectivity index (χ2n) is 3.41. The number of ether oxygens (including phenoxy) is 1. The van der Waals surface area contributed by atoms with Gasteiger partial charge in [0, 0.05) is 7.05 Å². The molecule has 1 aromatic rings. The Labute approximate surface area is 113 Å². The van der Waals surface area contributed by atoms with Crippen LogP contribution in [-0.2, 0) is 19.6 Å². The molecule has 100 valence electrons. The van der Waals surface area contributed by atoms with Gasteiger partial charge >= 0.3 is 5.97 Å². The summed E-state index contributed by atoms with van der Waals surface area (Å²) in [5.41, 5.74) is 0. The monoisotopic (exact) mass is 339 g/mol. The summed E-state index contributed by atoms with van der Waals surface area (Å²) in [5.74, 6) is -1.39. The highest BCUT2D eigenvalue weighted by Gasteiger charge is 2.24. The smallest absolute Gasteiger partial charge is 0.321 e. The van der Waals surface area contributed by atoms with Crippen LogP contribution in [0.25, 0.3) is 0 Å². The number of likely N-dealkylation sites (N-methyl/N-ethyl adjacent to an activating group) is 1. The average Bonchev–Trinajstić information content (AvgIpc) is 2.32. The Balaban J connectivity index is 3.05. The maximum Gasteiger partial charge on any atom is 0.321 e. The van der Waals surface area contributed by atoms with Crippen molar-refractivity contribution in [3.05, 3.63) is 28.5 Å². The summed E-state index contributed by atoms with van der Waals surface area (Å²) in [4.78, 5) is 10.8. The zero-order chi connectivity index (χ0) is 13.9. The fourth-order valence-electron chi connectivity index (χ4n) is 1.15. The van der Waals surface area contributed by atoms with E-state index in [1.54, 1.807) is 0 Å². The molecule has 0 unspecified atom stereocenters. The predicted octanol–water partition coefficient (Wildman–Crippen LogP) is 1.38. The van der Waals surface area contributed by atoms with E-state index in [-0.39, 0.29) is 9.37 Å². The first-order valence-corrected chi connectivity index (χ1v) is 7.00. The van der Waals surface area contributed by atoms with Gasteiger partial charge in [0.1, 0.15) is 12.4 Å². The van der Waals surface area contributed by atoms with Gasteiger partial charge in [-0.25, -0.2) is 12.8 Å². The summed E-state index contributed by atoms with van der Waals surface area (Å²) < 4.78 is 42.6. The van der Waals surface area contributed by atoms with Crippen LogP contribution in [0.15, 0.2) is 27.6 Å². The molecule has 0 fully saturated rings. The molecule has 0 atom stereocenters.